The van der Waals surface area contributed by atoms with Crippen molar-refractivity contribution in [3.05, 3.63) is 65.5 Å². The zero-order valence-corrected chi connectivity index (χ0v) is 21.0. The highest BCUT2D eigenvalue weighted by Crippen LogP contribution is 2.22. The molecule has 0 unspecified atom stereocenters. The molecule has 0 radical (unpaired) electrons. The van der Waals surface area contributed by atoms with E-state index in [4.69, 9.17) is 10.00 Å². The summed E-state index contributed by atoms with van der Waals surface area (Å²) in [6, 6.07) is 14.6. The maximum absolute atomic E-state index is 13.3. The fraction of sp³-hybridized carbons (Fsp3) is 0.464. The van der Waals surface area contributed by atoms with Crippen molar-refractivity contribution in [1.82, 2.24) is 15.1 Å². The molecule has 2 aliphatic heterocycles. The summed E-state index contributed by atoms with van der Waals surface area (Å²) in [6.45, 7) is 4.68. The SMILES string of the molecule is N#Cc1cccc(NC(=O)N[C@@H](CC(=O)N2CCC[C@@H](Cc3ccc(F)cc3)C2)CN2CCOCC2)c1. The van der Waals surface area contributed by atoms with Crippen molar-refractivity contribution < 1.29 is 18.7 Å². The molecular weight excluding hydrogens is 473 g/mol. The van der Waals surface area contributed by atoms with E-state index in [9.17, 15) is 14.0 Å². The number of carbonyl (C=O) groups excluding carboxylic acids is 2. The van der Waals surface area contributed by atoms with Gasteiger partial charge in [-0.25, -0.2) is 9.18 Å². The number of benzene rings is 2. The van der Waals surface area contributed by atoms with Crippen LogP contribution in [0.3, 0.4) is 0 Å². The van der Waals surface area contributed by atoms with Gasteiger partial charge < -0.3 is 20.3 Å². The molecule has 0 bridgehead atoms. The first kappa shape index (κ1) is 26.6. The second-order valence-electron chi connectivity index (χ2n) is 9.78. The number of hydrogen-bond acceptors (Lipinski definition) is 5. The number of hydrogen-bond donors (Lipinski definition) is 2. The van der Waals surface area contributed by atoms with Gasteiger partial charge in [-0.15, -0.1) is 0 Å². The third kappa shape index (κ3) is 8.27. The molecule has 8 nitrogen and oxygen atoms in total. The Hall–Kier alpha value is -3.48. The summed E-state index contributed by atoms with van der Waals surface area (Å²) in [6.07, 6.45) is 2.96. The number of piperidine rings is 1. The third-order valence-corrected chi connectivity index (χ3v) is 6.90. The number of ether oxygens (including phenoxy) is 1. The van der Waals surface area contributed by atoms with Crippen molar-refractivity contribution in [2.24, 2.45) is 5.92 Å². The summed E-state index contributed by atoms with van der Waals surface area (Å²) in [5.74, 6) is 0.100. The Bertz CT molecular complexity index is 1100. The molecule has 0 aromatic heterocycles. The van der Waals surface area contributed by atoms with Gasteiger partial charge in [-0.3, -0.25) is 9.69 Å². The average molecular weight is 508 g/mol. The van der Waals surface area contributed by atoms with Crippen LogP contribution in [0.15, 0.2) is 48.5 Å². The van der Waals surface area contributed by atoms with Crippen LogP contribution < -0.4 is 10.6 Å². The number of nitriles is 1. The molecule has 2 heterocycles. The number of likely N-dealkylation sites (tertiary alicyclic amines) is 1. The number of urea groups is 1. The molecule has 0 saturated carbocycles. The monoisotopic (exact) mass is 507 g/mol. The first-order valence-corrected chi connectivity index (χ1v) is 12.9. The van der Waals surface area contributed by atoms with Crippen LogP contribution in [-0.2, 0) is 16.0 Å². The highest BCUT2D eigenvalue weighted by molar-refractivity contribution is 5.90. The number of carbonyl (C=O) groups is 2. The van der Waals surface area contributed by atoms with Crippen molar-refractivity contribution in [3.8, 4) is 6.07 Å². The van der Waals surface area contributed by atoms with Gasteiger partial charge in [-0.2, -0.15) is 5.26 Å². The van der Waals surface area contributed by atoms with Crippen molar-refractivity contribution in [2.45, 2.75) is 31.7 Å². The van der Waals surface area contributed by atoms with Crippen LogP contribution in [-0.4, -0.2) is 73.7 Å². The summed E-state index contributed by atoms with van der Waals surface area (Å²) >= 11 is 0. The zero-order chi connectivity index (χ0) is 26.0. The smallest absolute Gasteiger partial charge is 0.319 e. The van der Waals surface area contributed by atoms with Crippen molar-refractivity contribution in [3.63, 3.8) is 0 Å². The highest BCUT2D eigenvalue weighted by atomic mass is 19.1. The summed E-state index contributed by atoms with van der Waals surface area (Å²) in [5, 5.41) is 14.9. The number of halogens is 1. The largest absolute Gasteiger partial charge is 0.379 e. The Morgan fingerprint density at radius 3 is 2.68 bits per heavy atom. The summed E-state index contributed by atoms with van der Waals surface area (Å²) in [4.78, 5) is 30.2. The minimum absolute atomic E-state index is 0.0221. The molecule has 3 amide bonds. The van der Waals surface area contributed by atoms with Gasteiger partial charge in [0.2, 0.25) is 5.91 Å². The van der Waals surface area contributed by atoms with E-state index in [2.05, 4.69) is 21.6 Å². The predicted molar refractivity (Wildman–Crippen MR) is 138 cm³/mol. The van der Waals surface area contributed by atoms with Gasteiger partial charge in [-0.05, 0) is 61.1 Å². The molecule has 196 valence electrons. The second kappa shape index (κ2) is 13.2. The van der Waals surface area contributed by atoms with Gasteiger partial charge in [0.05, 0.1) is 30.9 Å². The zero-order valence-electron chi connectivity index (χ0n) is 21.0. The van der Waals surface area contributed by atoms with Gasteiger partial charge in [0.1, 0.15) is 5.82 Å². The van der Waals surface area contributed by atoms with Gasteiger partial charge in [-0.1, -0.05) is 18.2 Å². The van der Waals surface area contributed by atoms with Gasteiger partial charge in [0, 0.05) is 44.8 Å². The second-order valence-corrected chi connectivity index (χ2v) is 9.78. The molecule has 37 heavy (non-hydrogen) atoms. The Morgan fingerprint density at radius 1 is 1.14 bits per heavy atom. The maximum Gasteiger partial charge on any atom is 0.319 e. The van der Waals surface area contributed by atoms with Crippen LogP contribution in [0.25, 0.3) is 0 Å². The molecular formula is C28H34FN5O3. The molecule has 2 aromatic rings. The van der Waals surface area contributed by atoms with Crippen LogP contribution in [0.4, 0.5) is 14.9 Å². The molecule has 9 heteroatoms. The quantitative estimate of drug-likeness (QED) is 0.571. The van der Waals surface area contributed by atoms with Gasteiger partial charge in [0.15, 0.2) is 0 Å². The minimum Gasteiger partial charge on any atom is -0.379 e. The van der Waals surface area contributed by atoms with E-state index in [1.165, 1.54) is 12.1 Å². The van der Waals surface area contributed by atoms with E-state index < -0.39 is 6.03 Å². The van der Waals surface area contributed by atoms with Crippen molar-refractivity contribution >= 4 is 17.6 Å². The minimum atomic E-state index is -0.408. The van der Waals surface area contributed by atoms with E-state index in [1.807, 2.05) is 17.0 Å². The van der Waals surface area contributed by atoms with Crippen LogP contribution in [0, 0.1) is 23.1 Å². The van der Waals surface area contributed by atoms with Crippen LogP contribution in [0.1, 0.15) is 30.4 Å². The summed E-state index contributed by atoms with van der Waals surface area (Å²) in [7, 11) is 0. The lowest BCUT2D eigenvalue weighted by molar-refractivity contribution is -0.133. The Kier molecular flexibility index (Phi) is 9.46. The molecule has 2 N–H and O–H groups in total. The predicted octanol–water partition coefficient (Wildman–Crippen LogP) is 3.39. The topological polar surface area (TPSA) is 97.7 Å². The number of amides is 3. The van der Waals surface area contributed by atoms with Crippen LogP contribution >= 0.6 is 0 Å². The van der Waals surface area contributed by atoms with Crippen molar-refractivity contribution in [1.29, 1.82) is 5.26 Å². The number of nitrogens with one attached hydrogen (secondary N) is 2. The molecule has 4 rings (SSSR count). The standard InChI is InChI=1S/C28H34FN5O3/c29-24-8-6-21(7-9-24)15-23-4-2-10-34(19-23)27(35)17-26(20-33-11-13-37-14-12-33)32-28(36)31-25-5-1-3-22(16-25)18-30/h1,3,5-9,16,23,26H,2,4,10-15,17,19-20H2,(H2,31,32,36)/t23-,26-/m0/s1. The van der Waals surface area contributed by atoms with Crippen molar-refractivity contribution in [2.75, 3.05) is 51.3 Å². The lowest BCUT2D eigenvalue weighted by atomic mass is 9.91. The van der Waals surface area contributed by atoms with Gasteiger partial charge in [0.25, 0.3) is 0 Å². The maximum atomic E-state index is 13.3. The Balaban J connectivity index is 1.36. The first-order chi connectivity index (χ1) is 18.0. The first-order valence-electron chi connectivity index (χ1n) is 12.9. The molecule has 2 atom stereocenters. The van der Waals surface area contributed by atoms with Gasteiger partial charge >= 0.3 is 6.03 Å². The normalized spacial score (nSPS) is 19.0. The fourth-order valence-electron chi connectivity index (χ4n) is 5.03. The van der Waals surface area contributed by atoms with E-state index >= 15 is 0 Å². The molecule has 2 aromatic carbocycles. The fourth-order valence-corrected chi connectivity index (χ4v) is 5.03. The molecule has 0 spiro atoms. The Morgan fingerprint density at radius 2 is 1.92 bits per heavy atom. The summed E-state index contributed by atoms with van der Waals surface area (Å²) < 4.78 is 18.7. The third-order valence-electron chi connectivity index (χ3n) is 6.90. The molecule has 2 fully saturated rings. The lowest BCUT2D eigenvalue weighted by Gasteiger charge is -2.35. The average Bonchev–Trinajstić information content (AvgIpc) is 2.90. The van der Waals surface area contributed by atoms with Crippen LogP contribution in [0.2, 0.25) is 0 Å². The molecule has 2 aliphatic rings. The van der Waals surface area contributed by atoms with Crippen LogP contribution in [0.5, 0.6) is 0 Å². The lowest BCUT2D eigenvalue weighted by Crippen LogP contribution is -2.51. The Labute approximate surface area is 217 Å². The van der Waals surface area contributed by atoms with E-state index in [1.54, 1.807) is 24.3 Å². The number of rotatable bonds is 8. The van der Waals surface area contributed by atoms with E-state index in [0.29, 0.717) is 50.0 Å². The number of nitrogens with zero attached hydrogens (tertiary/aromatic N) is 3. The molecule has 0 aliphatic carbocycles. The molecule has 2 saturated heterocycles. The summed E-state index contributed by atoms with van der Waals surface area (Å²) in [5.41, 5.74) is 2.05. The number of morpholine rings is 1. The van der Waals surface area contributed by atoms with E-state index in [0.717, 1.165) is 37.9 Å². The highest BCUT2D eigenvalue weighted by Gasteiger charge is 2.28. The van der Waals surface area contributed by atoms with E-state index in [-0.39, 0.29) is 24.2 Å². The number of anilines is 1.